The Labute approximate surface area is 161 Å². The second kappa shape index (κ2) is 8.73. The number of hydrogen-bond acceptors (Lipinski definition) is 5. The lowest BCUT2D eigenvalue weighted by Gasteiger charge is -2.10. The molecule has 0 atom stereocenters. The predicted octanol–water partition coefficient (Wildman–Crippen LogP) is 4.19. The maximum absolute atomic E-state index is 12.2. The summed E-state index contributed by atoms with van der Waals surface area (Å²) in [5.74, 6) is -0.275. The lowest BCUT2D eigenvalue weighted by molar-refractivity contribution is 0.0689. The number of carbonyl (C=O) groups excluding carboxylic acids is 1. The molecule has 1 N–H and O–H groups in total. The summed E-state index contributed by atoms with van der Waals surface area (Å²) in [6.07, 6.45) is 0. The quantitative estimate of drug-likeness (QED) is 0.490. The van der Waals surface area contributed by atoms with Gasteiger partial charge in [-0.05, 0) is 48.0 Å². The third kappa shape index (κ3) is 4.67. The van der Waals surface area contributed by atoms with Gasteiger partial charge in [-0.15, -0.1) is 0 Å². The molecule has 3 aromatic rings. The number of esters is 1. The first kappa shape index (κ1) is 19.0. The van der Waals surface area contributed by atoms with Gasteiger partial charge >= 0.3 is 11.9 Å². The number of para-hydroxylation sites is 1. The molecule has 0 aliphatic rings. The number of carboxylic acid groups (broad SMARTS) is 1. The van der Waals surface area contributed by atoms with E-state index in [9.17, 15) is 14.7 Å². The first-order valence-corrected chi connectivity index (χ1v) is 8.47. The van der Waals surface area contributed by atoms with Crippen LogP contribution in [0.2, 0.25) is 0 Å². The molecule has 0 aliphatic heterocycles. The molecule has 6 heteroatoms. The molecule has 0 spiro atoms. The molecule has 142 valence electrons. The van der Waals surface area contributed by atoms with Crippen LogP contribution in [0, 0.1) is 0 Å². The first-order valence-electron chi connectivity index (χ1n) is 8.47. The maximum atomic E-state index is 12.2. The topological polar surface area (TPSA) is 82.1 Å². The zero-order valence-electron chi connectivity index (χ0n) is 15.1. The van der Waals surface area contributed by atoms with Crippen molar-refractivity contribution in [3.05, 3.63) is 89.5 Å². The number of methoxy groups -OCH3 is 1. The summed E-state index contributed by atoms with van der Waals surface area (Å²) >= 11 is 0. The first-order chi connectivity index (χ1) is 13.6. The van der Waals surface area contributed by atoms with E-state index in [-0.39, 0.29) is 12.2 Å². The van der Waals surface area contributed by atoms with Crippen molar-refractivity contribution >= 4 is 11.9 Å². The van der Waals surface area contributed by atoms with Crippen molar-refractivity contribution in [3.63, 3.8) is 0 Å². The third-order valence-electron chi connectivity index (χ3n) is 3.95. The van der Waals surface area contributed by atoms with Gasteiger partial charge in [-0.2, -0.15) is 0 Å². The number of carbonyl (C=O) groups is 2. The Kier molecular flexibility index (Phi) is 5.91. The van der Waals surface area contributed by atoms with Gasteiger partial charge < -0.3 is 19.3 Å². The van der Waals surface area contributed by atoms with E-state index in [4.69, 9.17) is 14.2 Å². The highest BCUT2D eigenvalue weighted by molar-refractivity contribution is 5.91. The van der Waals surface area contributed by atoms with Crippen molar-refractivity contribution in [2.45, 2.75) is 6.61 Å². The Morgan fingerprint density at radius 2 is 1.64 bits per heavy atom. The van der Waals surface area contributed by atoms with Crippen molar-refractivity contribution in [1.82, 2.24) is 0 Å². The summed E-state index contributed by atoms with van der Waals surface area (Å²) in [7, 11) is 1.53. The van der Waals surface area contributed by atoms with Crippen LogP contribution in [0.4, 0.5) is 0 Å². The van der Waals surface area contributed by atoms with Crippen LogP contribution >= 0.6 is 0 Å². The Bertz CT molecular complexity index is 978. The van der Waals surface area contributed by atoms with Crippen molar-refractivity contribution in [1.29, 1.82) is 0 Å². The number of hydrogen-bond donors (Lipinski definition) is 1. The monoisotopic (exact) mass is 378 g/mol. The Balaban J connectivity index is 1.62. The van der Waals surface area contributed by atoms with Gasteiger partial charge in [0.05, 0.1) is 12.7 Å². The zero-order valence-corrected chi connectivity index (χ0v) is 15.1. The predicted molar refractivity (Wildman–Crippen MR) is 102 cm³/mol. The smallest absolute Gasteiger partial charge is 0.343 e. The van der Waals surface area contributed by atoms with Gasteiger partial charge in [-0.3, -0.25) is 0 Å². The molecule has 0 aromatic heterocycles. The summed E-state index contributed by atoms with van der Waals surface area (Å²) in [5.41, 5.74) is 1.30. The van der Waals surface area contributed by atoms with Gasteiger partial charge in [0.25, 0.3) is 0 Å². The van der Waals surface area contributed by atoms with Crippen LogP contribution < -0.4 is 14.2 Å². The third-order valence-corrected chi connectivity index (χ3v) is 3.95. The Hall–Kier alpha value is -3.80. The van der Waals surface area contributed by atoms with Crippen LogP contribution in [0.5, 0.6) is 17.2 Å². The fraction of sp³-hybridized carbons (Fsp3) is 0.0909. The summed E-state index contributed by atoms with van der Waals surface area (Å²) in [4.78, 5) is 23.4. The van der Waals surface area contributed by atoms with Gasteiger partial charge in [-0.25, -0.2) is 9.59 Å². The number of aromatic carboxylic acids is 1. The van der Waals surface area contributed by atoms with Crippen LogP contribution in [0.3, 0.4) is 0 Å². The lowest BCUT2D eigenvalue weighted by Crippen LogP contribution is -2.08. The molecule has 0 aliphatic carbocycles. The largest absolute Gasteiger partial charge is 0.497 e. The van der Waals surface area contributed by atoms with E-state index in [1.54, 1.807) is 66.7 Å². The molecule has 0 heterocycles. The highest BCUT2D eigenvalue weighted by Crippen LogP contribution is 2.21. The van der Waals surface area contributed by atoms with Gasteiger partial charge in [0.2, 0.25) is 0 Å². The van der Waals surface area contributed by atoms with E-state index >= 15 is 0 Å². The Morgan fingerprint density at radius 3 is 2.36 bits per heavy atom. The van der Waals surface area contributed by atoms with E-state index in [1.165, 1.54) is 13.2 Å². The van der Waals surface area contributed by atoms with E-state index in [0.717, 1.165) is 5.56 Å². The lowest BCUT2D eigenvalue weighted by atomic mass is 10.2. The van der Waals surface area contributed by atoms with E-state index in [1.807, 2.05) is 0 Å². The van der Waals surface area contributed by atoms with Crippen molar-refractivity contribution in [3.8, 4) is 17.2 Å². The van der Waals surface area contributed by atoms with Crippen LogP contribution in [0.1, 0.15) is 26.3 Å². The van der Waals surface area contributed by atoms with Crippen LogP contribution in [0.25, 0.3) is 0 Å². The van der Waals surface area contributed by atoms with Gasteiger partial charge in [0.1, 0.15) is 29.4 Å². The summed E-state index contributed by atoms with van der Waals surface area (Å²) < 4.78 is 16.1. The van der Waals surface area contributed by atoms with Crippen molar-refractivity contribution in [2.75, 3.05) is 7.11 Å². The molecule has 0 bridgehead atoms. The number of benzene rings is 3. The number of rotatable bonds is 7. The molecular weight excluding hydrogens is 360 g/mol. The van der Waals surface area contributed by atoms with Gasteiger partial charge in [-0.1, -0.05) is 30.3 Å². The summed E-state index contributed by atoms with van der Waals surface area (Å²) in [5, 5.41) is 9.17. The zero-order chi connectivity index (χ0) is 19.9. The standard InChI is InChI=1S/C22H18O6/c1-26-18-6-4-5-16(13-18)22(25)28-17-11-9-15(10-12-17)14-27-20-8-3-2-7-19(20)21(23)24/h2-13H,14H2,1H3,(H,23,24). The molecular formula is C22H18O6. The molecule has 0 unspecified atom stereocenters. The molecule has 0 fully saturated rings. The van der Waals surface area contributed by atoms with Crippen molar-refractivity contribution in [2.24, 2.45) is 0 Å². The number of ether oxygens (including phenoxy) is 3. The number of carboxylic acids is 1. The second-order valence-corrected chi connectivity index (χ2v) is 5.86. The molecule has 6 nitrogen and oxygen atoms in total. The second-order valence-electron chi connectivity index (χ2n) is 5.86. The highest BCUT2D eigenvalue weighted by Gasteiger charge is 2.11. The van der Waals surface area contributed by atoms with Crippen molar-refractivity contribution < 1.29 is 28.9 Å². The fourth-order valence-corrected chi connectivity index (χ4v) is 2.50. The van der Waals surface area contributed by atoms with E-state index < -0.39 is 11.9 Å². The molecule has 3 aromatic carbocycles. The molecule has 3 rings (SSSR count). The van der Waals surface area contributed by atoms with E-state index in [2.05, 4.69) is 0 Å². The highest BCUT2D eigenvalue weighted by atomic mass is 16.5. The fourth-order valence-electron chi connectivity index (χ4n) is 2.50. The normalized spacial score (nSPS) is 10.2. The van der Waals surface area contributed by atoms with Gasteiger partial charge in [0.15, 0.2) is 0 Å². The molecule has 28 heavy (non-hydrogen) atoms. The Morgan fingerprint density at radius 1 is 0.893 bits per heavy atom. The summed E-state index contributed by atoms with van der Waals surface area (Å²) in [6.45, 7) is 0.189. The van der Waals surface area contributed by atoms with Crippen LogP contribution in [-0.4, -0.2) is 24.2 Å². The summed E-state index contributed by atoms with van der Waals surface area (Å²) in [6, 6.07) is 19.9. The molecule has 0 saturated carbocycles. The minimum atomic E-state index is -1.05. The molecule has 0 amide bonds. The minimum absolute atomic E-state index is 0.103. The average molecular weight is 378 g/mol. The SMILES string of the molecule is COc1cccc(C(=O)Oc2ccc(COc3ccccc3C(=O)O)cc2)c1. The van der Waals surface area contributed by atoms with Crippen LogP contribution in [-0.2, 0) is 6.61 Å². The average Bonchev–Trinajstić information content (AvgIpc) is 2.73. The maximum Gasteiger partial charge on any atom is 0.343 e. The van der Waals surface area contributed by atoms with Gasteiger partial charge in [0, 0.05) is 0 Å². The van der Waals surface area contributed by atoms with E-state index in [0.29, 0.717) is 22.8 Å². The molecule has 0 radical (unpaired) electrons. The molecule has 0 saturated heterocycles. The van der Waals surface area contributed by atoms with Crippen LogP contribution in [0.15, 0.2) is 72.8 Å². The minimum Gasteiger partial charge on any atom is -0.497 e.